The van der Waals surface area contributed by atoms with Gasteiger partial charge in [0.25, 0.3) is 5.78 Å². The number of carbonyl (C=O) groups is 2. The SMILES string of the molecule is COC(=O)C(=O)c1cn(C)c2cc(F)ccc12. The van der Waals surface area contributed by atoms with Crippen LogP contribution in [0.4, 0.5) is 4.39 Å². The van der Waals surface area contributed by atoms with Crippen LogP contribution in [0.5, 0.6) is 0 Å². The maximum absolute atomic E-state index is 13.1. The zero-order chi connectivity index (χ0) is 12.6. The van der Waals surface area contributed by atoms with E-state index in [9.17, 15) is 14.0 Å². The van der Waals surface area contributed by atoms with E-state index in [-0.39, 0.29) is 5.56 Å². The molecule has 2 rings (SSSR count). The molecule has 0 radical (unpaired) electrons. The van der Waals surface area contributed by atoms with Crippen LogP contribution in [-0.4, -0.2) is 23.4 Å². The number of carbonyl (C=O) groups excluding carboxylic acids is 2. The van der Waals surface area contributed by atoms with E-state index in [1.54, 1.807) is 11.6 Å². The topological polar surface area (TPSA) is 48.3 Å². The minimum atomic E-state index is -0.929. The molecule has 4 nitrogen and oxygen atoms in total. The number of rotatable bonds is 2. The average molecular weight is 235 g/mol. The quantitative estimate of drug-likeness (QED) is 0.452. The summed E-state index contributed by atoms with van der Waals surface area (Å²) in [4.78, 5) is 22.9. The van der Waals surface area contributed by atoms with Crippen molar-refractivity contribution in [3.05, 3.63) is 35.8 Å². The maximum atomic E-state index is 13.1. The van der Waals surface area contributed by atoms with Crippen molar-refractivity contribution in [1.82, 2.24) is 4.57 Å². The number of ketones is 1. The third-order valence-corrected chi connectivity index (χ3v) is 2.57. The molecule has 0 aliphatic carbocycles. The number of methoxy groups -OCH3 is 1. The molecule has 0 aliphatic rings. The highest BCUT2D eigenvalue weighted by atomic mass is 19.1. The zero-order valence-electron chi connectivity index (χ0n) is 9.36. The molecule has 0 amide bonds. The van der Waals surface area contributed by atoms with Crippen LogP contribution in [0.2, 0.25) is 0 Å². The van der Waals surface area contributed by atoms with Gasteiger partial charge in [-0.2, -0.15) is 0 Å². The van der Waals surface area contributed by atoms with Crippen molar-refractivity contribution >= 4 is 22.7 Å². The fraction of sp³-hybridized carbons (Fsp3) is 0.167. The first kappa shape index (κ1) is 11.3. The molecule has 0 saturated heterocycles. The Hall–Kier alpha value is -2.17. The second kappa shape index (κ2) is 4.01. The minimum absolute atomic E-state index is 0.217. The number of halogens is 1. The Bertz CT molecular complexity index is 615. The van der Waals surface area contributed by atoms with E-state index in [2.05, 4.69) is 4.74 Å². The van der Waals surface area contributed by atoms with Gasteiger partial charge in [0, 0.05) is 18.6 Å². The van der Waals surface area contributed by atoms with E-state index in [1.807, 2.05) is 0 Å². The van der Waals surface area contributed by atoms with Crippen LogP contribution in [0.3, 0.4) is 0 Å². The average Bonchev–Trinajstić information content (AvgIpc) is 2.64. The summed E-state index contributed by atoms with van der Waals surface area (Å²) in [5, 5.41) is 0.532. The van der Waals surface area contributed by atoms with Crippen molar-refractivity contribution in [1.29, 1.82) is 0 Å². The molecule has 0 atom stereocenters. The molecule has 5 heteroatoms. The molecule has 0 fully saturated rings. The van der Waals surface area contributed by atoms with E-state index in [1.165, 1.54) is 24.4 Å². The molecule has 1 heterocycles. The van der Waals surface area contributed by atoms with Gasteiger partial charge in [-0.25, -0.2) is 9.18 Å². The molecule has 0 aliphatic heterocycles. The second-order valence-corrected chi connectivity index (χ2v) is 3.64. The number of aromatic nitrogens is 1. The van der Waals surface area contributed by atoms with Crippen LogP contribution in [0.25, 0.3) is 10.9 Å². The lowest BCUT2D eigenvalue weighted by Crippen LogP contribution is -2.15. The van der Waals surface area contributed by atoms with E-state index >= 15 is 0 Å². The zero-order valence-corrected chi connectivity index (χ0v) is 9.36. The maximum Gasteiger partial charge on any atom is 0.379 e. The summed E-state index contributed by atoms with van der Waals surface area (Å²) < 4.78 is 19.0. The van der Waals surface area contributed by atoms with Crippen LogP contribution in [0, 0.1) is 5.82 Å². The summed E-state index contributed by atoms with van der Waals surface area (Å²) in [6.45, 7) is 0. The Labute approximate surface area is 96.6 Å². The van der Waals surface area contributed by atoms with Gasteiger partial charge in [-0.3, -0.25) is 4.79 Å². The molecule has 0 N–H and O–H groups in total. The molecule has 1 aromatic carbocycles. The van der Waals surface area contributed by atoms with Gasteiger partial charge in [0.05, 0.1) is 18.2 Å². The van der Waals surface area contributed by atoms with Crippen molar-refractivity contribution in [2.24, 2.45) is 7.05 Å². The summed E-state index contributed by atoms with van der Waals surface area (Å²) in [5.74, 6) is -2.05. The highest BCUT2D eigenvalue weighted by Crippen LogP contribution is 2.22. The minimum Gasteiger partial charge on any atom is -0.463 e. The Morgan fingerprint density at radius 1 is 1.35 bits per heavy atom. The van der Waals surface area contributed by atoms with Gasteiger partial charge in [0.1, 0.15) is 5.82 Å². The number of hydrogen-bond acceptors (Lipinski definition) is 3. The standard InChI is InChI=1S/C12H10FNO3/c1-14-6-9(11(15)12(16)17-2)8-4-3-7(13)5-10(8)14/h3-6H,1-2H3. The molecule has 0 bridgehead atoms. The smallest absolute Gasteiger partial charge is 0.379 e. The largest absolute Gasteiger partial charge is 0.463 e. The molecule has 1 aromatic heterocycles. The molecule has 0 saturated carbocycles. The Kier molecular flexibility index (Phi) is 2.67. The number of Topliss-reactive ketones (excluding diaryl/α,β-unsaturated/α-hetero) is 1. The molecule has 88 valence electrons. The van der Waals surface area contributed by atoms with Crippen LogP contribution in [0.1, 0.15) is 10.4 Å². The van der Waals surface area contributed by atoms with Crippen molar-refractivity contribution in [2.45, 2.75) is 0 Å². The van der Waals surface area contributed by atoms with Crippen LogP contribution in [-0.2, 0) is 16.6 Å². The lowest BCUT2D eigenvalue weighted by molar-refractivity contribution is -0.135. The first-order chi connectivity index (χ1) is 8.04. The number of ether oxygens (including phenoxy) is 1. The molecular weight excluding hydrogens is 225 g/mol. The van der Waals surface area contributed by atoms with Gasteiger partial charge in [0.2, 0.25) is 0 Å². The summed E-state index contributed by atoms with van der Waals surface area (Å²) in [7, 11) is 2.82. The van der Waals surface area contributed by atoms with Crippen molar-refractivity contribution in [2.75, 3.05) is 7.11 Å². The number of fused-ring (bicyclic) bond motifs is 1. The normalized spacial score (nSPS) is 10.5. The third-order valence-electron chi connectivity index (χ3n) is 2.57. The number of nitrogens with zero attached hydrogens (tertiary/aromatic N) is 1. The number of hydrogen-bond donors (Lipinski definition) is 0. The van der Waals surface area contributed by atoms with Crippen LogP contribution < -0.4 is 0 Å². The number of aryl methyl sites for hydroxylation is 1. The number of benzene rings is 1. The molecular formula is C12H10FNO3. The summed E-state index contributed by atoms with van der Waals surface area (Å²) >= 11 is 0. The third kappa shape index (κ3) is 1.80. The first-order valence-electron chi connectivity index (χ1n) is 4.92. The Morgan fingerprint density at radius 2 is 2.06 bits per heavy atom. The van der Waals surface area contributed by atoms with E-state index in [0.29, 0.717) is 10.9 Å². The highest BCUT2D eigenvalue weighted by molar-refractivity contribution is 6.42. The molecule has 0 unspecified atom stereocenters. The lowest BCUT2D eigenvalue weighted by atomic mass is 10.1. The fourth-order valence-electron chi connectivity index (χ4n) is 1.74. The van der Waals surface area contributed by atoms with Crippen LogP contribution in [0.15, 0.2) is 24.4 Å². The highest BCUT2D eigenvalue weighted by Gasteiger charge is 2.21. The second-order valence-electron chi connectivity index (χ2n) is 3.64. The van der Waals surface area contributed by atoms with Gasteiger partial charge in [0.15, 0.2) is 0 Å². The molecule has 0 spiro atoms. The van der Waals surface area contributed by atoms with Crippen LogP contribution >= 0.6 is 0 Å². The lowest BCUT2D eigenvalue weighted by Gasteiger charge is -1.97. The van der Waals surface area contributed by atoms with E-state index in [0.717, 1.165) is 7.11 Å². The molecule has 2 aromatic rings. The Balaban J connectivity index is 2.64. The van der Waals surface area contributed by atoms with Crippen molar-refractivity contribution in [3.8, 4) is 0 Å². The summed E-state index contributed by atoms with van der Waals surface area (Å²) in [6.07, 6.45) is 1.49. The van der Waals surface area contributed by atoms with E-state index in [4.69, 9.17) is 0 Å². The van der Waals surface area contributed by atoms with E-state index < -0.39 is 17.6 Å². The van der Waals surface area contributed by atoms with Gasteiger partial charge in [-0.05, 0) is 18.2 Å². The monoisotopic (exact) mass is 235 g/mol. The van der Waals surface area contributed by atoms with Crippen molar-refractivity contribution in [3.63, 3.8) is 0 Å². The van der Waals surface area contributed by atoms with Gasteiger partial charge >= 0.3 is 5.97 Å². The predicted octanol–water partition coefficient (Wildman–Crippen LogP) is 1.67. The summed E-state index contributed by atoms with van der Waals surface area (Å²) in [6, 6.07) is 4.03. The summed E-state index contributed by atoms with van der Waals surface area (Å²) in [5.41, 5.74) is 0.770. The van der Waals surface area contributed by atoms with Crippen molar-refractivity contribution < 1.29 is 18.7 Å². The fourth-order valence-corrected chi connectivity index (χ4v) is 1.74. The first-order valence-corrected chi connectivity index (χ1v) is 4.92. The van der Waals surface area contributed by atoms with Gasteiger partial charge < -0.3 is 9.30 Å². The molecule has 17 heavy (non-hydrogen) atoms. The van der Waals surface area contributed by atoms with Gasteiger partial charge in [-0.1, -0.05) is 0 Å². The number of esters is 1. The predicted molar refractivity (Wildman–Crippen MR) is 59.2 cm³/mol. The Morgan fingerprint density at radius 3 is 2.71 bits per heavy atom. The van der Waals surface area contributed by atoms with Gasteiger partial charge in [-0.15, -0.1) is 0 Å².